The third-order valence-corrected chi connectivity index (χ3v) is 7.83. The number of anilines is 1. The average molecular weight is 573 g/mol. The fourth-order valence-corrected chi connectivity index (χ4v) is 5.77. The molecule has 2 aliphatic heterocycles. The number of benzene rings is 1. The number of hydrogen-bond donors (Lipinski definition) is 2. The summed E-state index contributed by atoms with van der Waals surface area (Å²) in [5.41, 5.74) is 4.94. The van der Waals surface area contributed by atoms with Crippen LogP contribution in [0.2, 0.25) is 0 Å². The van der Waals surface area contributed by atoms with Gasteiger partial charge in [0, 0.05) is 42.7 Å². The Labute approximate surface area is 243 Å². The van der Waals surface area contributed by atoms with Gasteiger partial charge < -0.3 is 20.3 Å². The maximum absolute atomic E-state index is 13.8. The summed E-state index contributed by atoms with van der Waals surface area (Å²) in [5, 5.41) is 6.66. The van der Waals surface area contributed by atoms with E-state index in [1.807, 2.05) is 43.3 Å². The number of nitrogens with one attached hydrogen (secondary N) is 2. The monoisotopic (exact) mass is 572 g/mol. The first-order valence-electron chi connectivity index (χ1n) is 14.3. The van der Waals surface area contributed by atoms with Gasteiger partial charge >= 0.3 is 0 Å². The number of aryl methyl sites for hydroxylation is 1. The summed E-state index contributed by atoms with van der Waals surface area (Å²) in [7, 11) is 0. The molecule has 3 atom stereocenters. The van der Waals surface area contributed by atoms with E-state index in [0.29, 0.717) is 11.3 Å². The number of morpholine rings is 1. The van der Waals surface area contributed by atoms with E-state index in [-0.39, 0.29) is 37.6 Å². The normalized spacial score (nSPS) is 21.9. The number of nitrogens with zero attached hydrogens (tertiary/aromatic N) is 4. The van der Waals surface area contributed by atoms with Crippen LogP contribution in [0.4, 0.5) is 14.6 Å². The van der Waals surface area contributed by atoms with Crippen LogP contribution in [0.1, 0.15) is 53.5 Å². The predicted octanol–water partition coefficient (Wildman–Crippen LogP) is 5.21. The van der Waals surface area contributed by atoms with Gasteiger partial charge in [-0.1, -0.05) is 12.1 Å². The number of hydrogen-bond acceptors (Lipinski definition) is 7. The highest BCUT2D eigenvalue weighted by Gasteiger charge is 2.40. The molecule has 0 aliphatic carbocycles. The van der Waals surface area contributed by atoms with E-state index >= 15 is 0 Å². The fraction of sp³-hybridized carbons (Fsp3) is 0.375. The third kappa shape index (κ3) is 6.10. The van der Waals surface area contributed by atoms with Gasteiger partial charge in [0.25, 0.3) is 11.8 Å². The number of rotatable bonds is 6. The number of amides is 1. The van der Waals surface area contributed by atoms with E-state index in [0.717, 1.165) is 52.3 Å². The SMILES string of the molecule is Cc1ccc(C(=O)NCc2cc3nc(-c4cccc(N5C[C@@H](C)O[C@@H](C)C5)n4)ccc3cn2)cc1[C@@H]1CC(F)(F)CN1. The lowest BCUT2D eigenvalue weighted by Crippen LogP contribution is -2.45. The average Bonchev–Trinajstić information content (AvgIpc) is 3.34. The minimum Gasteiger partial charge on any atom is -0.372 e. The Bertz CT molecular complexity index is 1620. The smallest absolute Gasteiger partial charge is 0.262 e. The number of carbonyl (C=O) groups excluding carboxylic acids is 1. The van der Waals surface area contributed by atoms with Gasteiger partial charge in [-0.05, 0) is 74.4 Å². The van der Waals surface area contributed by atoms with Crippen LogP contribution in [0.5, 0.6) is 0 Å². The van der Waals surface area contributed by atoms with Crippen molar-refractivity contribution in [2.24, 2.45) is 0 Å². The highest BCUT2D eigenvalue weighted by atomic mass is 19.3. The Morgan fingerprint density at radius 2 is 1.86 bits per heavy atom. The van der Waals surface area contributed by atoms with E-state index in [1.54, 1.807) is 24.4 Å². The highest BCUT2D eigenvalue weighted by Crippen LogP contribution is 2.35. The minimum atomic E-state index is -2.75. The van der Waals surface area contributed by atoms with Gasteiger partial charge in [0.1, 0.15) is 5.82 Å². The molecular weight excluding hydrogens is 538 g/mol. The zero-order valence-corrected chi connectivity index (χ0v) is 23.9. The highest BCUT2D eigenvalue weighted by molar-refractivity contribution is 5.94. The molecule has 42 heavy (non-hydrogen) atoms. The lowest BCUT2D eigenvalue weighted by Gasteiger charge is -2.36. The topological polar surface area (TPSA) is 92.3 Å². The molecular formula is C32H34F2N6O2. The lowest BCUT2D eigenvalue weighted by molar-refractivity contribution is -0.00546. The molecule has 0 spiro atoms. The summed E-state index contributed by atoms with van der Waals surface area (Å²) in [6.45, 7) is 7.41. The zero-order chi connectivity index (χ0) is 29.4. The Morgan fingerprint density at radius 1 is 1.07 bits per heavy atom. The Balaban J connectivity index is 1.17. The lowest BCUT2D eigenvalue weighted by atomic mass is 9.96. The number of alkyl halides is 2. The second kappa shape index (κ2) is 11.3. The summed E-state index contributed by atoms with van der Waals surface area (Å²) < 4.78 is 33.4. The fourth-order valence-electron chi connectivity index (χ4n) is 5.77. The van der Waals surface area contributed by atoms with E-state index in [9.17, 15) is 13.6 Å². The standard InChI is InChI=1S/C32H34F2N6O2/c1-19-7-8-22(11-25(19)29-13-32(33,34)18-37-29)31(41)36-15-24-12-28-23(14-35-24)9-10-27(38-28)26-5-4-6-30(39-26)40-16-20(2)42-21(3)17-40/h4-12,14,20-21,29,37H,13,15-18H2,1-3H3,(H,36,41)/t20-,21+,29-/m0/s1. The van der Waals surface area contributed by atoms with Crippen LogP contribution < -0.4 is 15.5 Å². The van der Waals surface area contributed by atoms with Gasteiger partial charge in [-0.25, -0.2) is 18.7 Å². The van der Waals surface area contributed by atoms with Crippen LogP contribution in [0.15, 0.2) is 60.8 Å². The molecule has 5 heterocycles. The Morgan fingerprint density at radius 3 is 2.62 bits per heavy atom. The van der Waals surface area contributed by atoms with Crippen molar-refractivity contribution in [3.8, 4) is 11.4 Å². The molecule has 8 nitrogen and oxygen atoms in total. The molecule has 1 aromatic carbocycles. The van der Waals surface area contributed by atoms with Crippen LogP contribution in [-0.2, 0) is 11.3 Å². The Hall–Kier alpha value is -4.02. The summed E-state index contributed by atoms with van der Waals surface area (Å²) in [6.07, 6.45) is 1.73. The summed E-state index contributed by atoms with van der Waals surface area (Å²) in [5.74, 6) is -2.15. The van der Waals surface area contributed by atoms with Crippen molar-refractivity contribution in [1.82, 2.24) is 25.6 Å². The molecule has 10 heteroatoms. The van der Waals surface area contributed by atoms with Crippen LogP contribution in [0.3, 0.4) is 0 Å². The van der Waals surface area contributed by atoms with Crippen molar-refractivity contribution in [2.45, 2.75) is 57.9 Å². The molecule has 2 aliphatic rings. The molecule has 0 saturated carbocycles. The number of pyridine rings is 3. The first kappa shape index (κ1) is 28.1. The van der Waals surface area contributed by atoms with Crippen molar-refractivity contribution in [1.29, 1.82) is 0 Å². The quantitative estimate of drug-likeness (QED) is 0.328. The van der Waals surface area contributed by atoms with E-state index in [4.69, 9.17) is 14.7 Å². The first-order valence-corrected chi connectivity index (χ1v) is 14.3. The van der Waals surface area contributed by atoms with Crippen LogP contribution in [-0.4, -0.2) is 58.6 Å². The molecule has 4 aromatic rings. The molecule has 2 N–H and O–H groups in total. The number of carbonyl (C=O) groups is 1. The van der Waals surface area contributed by atoms with Gasteiger partial charge in [-0.15, -0.1) is 0 Å². The first-order chi connectivity index (χ1) is 20.1. The maximum Gasteiger partial charge on any atom is 0.262 e. The molecule has 0 unspecified atom stereocenters. The maximum atomic E-state index is 13.8. The van der Waals surface area contributed by atoms with Gasteiger partial charge in [-0.3, -0.25) is 9.78 Å². The third-order valence-electron chi connectivity index (χ3n) is 7.83. The van der Waals surface area contributed by atoms with Crippen molar-refractivity contribution < 1.29 is 18.3 Å². The van der Waals surface area contributed by atoms with Crippen LogP contribution in [0, 0.1) is 6.92 Å². The second-order valence-corrected chi connectivity index (χ2v) is 11.4. The van der Waals surface area contributed by atoms with E-state index < -0.39 is 12.0 Å². The number of halogens is 2. The van der Waals surface area contributed by atoms with Crippen molar-refractivity contribution in [2.75, 3.05) is 24.5 Å². The second-order valence-electron chi connectivity index (χ2n) is 11.4. The molecule has 3 aromatic heterocycles. The van der Waals surface area contributed by atoms with Crippen LogP contribution >= 0.6 is 0 Å². The number of ether oxygens (including phenoxy) is 1. The summed E-state index contributed by atoms with van der Waals surface area (Å²) >= 11 is 0. The van der Waals surface area contributed by atoms with E-state index in [2.05, 4.69) is 34.4 Å². The zero-order valence-electron chi connectivity index (χ0n) is 23.9. The number of aromatic nitrogens is 3. The molecule has 2 saturated heterocycles. The van der Waals surface area contributed by atoms with E-state index in [1.165, 1.54) is 0 Å². The van der Waals surface area contributed by atoms with Gasteiger partial charge in [0.05, 0.1) is 47.9 Å². The van der Waals surface area contributed by atoms with Crippen molar-refractivity contribution in [3.63, 3.8) is 0 Å². The molecule has 1 amide bonds. The van der Waals surface area contributed by atoms with Gasteiger partial charge in [0.2, 0.25) is 0 Å². The van der Waals surface area contributed by atoms with Crippen molar-refractivity contribution >= 4 is 22.6 Å². The van der Waals surface area contributed by atoms with Gasteiger partial charge in [-0.2, -0.15) is 0 Å². The molecule has 6 rings (SSSR count). The largest absolute Gasteiger partial charge is 0.372 e. The molecule has 218 valence electrons. The molecule has 2 fully saturated rings. The minimum absolute atomic E-state index is 0.134. The van der Waals surface area contributed by atoms with Gasteiger partial charge in [0.15, 0.2) is 0 Å². The molecule has 0 radical (unpaired) electrons. The summed E-state index contributed by atoms with van der Waals surface area (Å²) in [6, 6.07) is 16.4. The summed E-state index contributed by atoms with van der Waals surface area (Å²) in [4.78, 5) is 29.5. The Kier molecular flexibility index (Phi) is 7.59. The number of fused-ring (bicyclic) bond motifs is 1. The van der Waals surface area contributed by atoms with Crippen LogP contribution in [0.25, 0.3) is 22.3 Å². The molecule has 0 bridgehead atoms. The predicted molar refractivity (Wildman–Crippen MR) is 158 cm³/mol. The van der Waals surface area contributed by atoms with Crippen molar-refractivity contribution in [3.05, 3.63) is 83.2 Å².